The molecule has 1 aromatic carbocycles. The minimum atomic E-state index is -0.614. The Morgan fingerprint density at radius 1 is 1.67 bits per heavy atom. The minimum absolute atomic E-state index is 0.0424. The molecule has 82 valence electrons. The van der Waals surface area contributed by atoms with Gasteiger partial charge in [0, 0.05) is 6.07 Å². The van der Waals surface area contributed by atoms with E-state index < -0.39 is 11.9 Å². The number of nitrogens with zero attached hydrogens (tertiary/aromatic N) is 1. The van der Waals surface area contributed by atoms with Crippen molar-refractivity contribution in [2.45, 2.75) is 13.0 Å². The molecule has 0 aliphatic rings. The highest BCUT2D eigenvalue weighted by Crippen LogP contribution is 2.21. The van der Waals surface area contributed by atoms with Gasteiger partial charge >= 0.3 is 0 Å². The maximum absolute atomic E-state index is 12.8. The molecular weight excluding hydrogens is 223 g/mol. The molecular formula is C9H10ClFN2O2. The second-order valence-corrected chi connectivity index (χ2v) is 3.27. The average molecular weight is 233 g/mol. The van der Waals surface area contributed by atoms with Crippen LogP contribution in [-0.2, 0) is 0 Å². The molecule has 4 nitrogen and oxygen atoms in total. The number of rotatable bonds is 3. The predicted molar refractivity (Wildman–Crippen MR) is 54.9 cm³/mol. The van der Waals surface area contributed by atoms with E-state index in [1.54, 1.807) is 6.92 Å². The van der Waals surface area contributed by atoms with Gasteiger partial charge < -0.3 is 15.7 Å². The van der Waals surface area contributed by atoms with Gasteiger partial charge in [-0.15, -0.1) is 0 Å². The molecule has 0 amide bonds. The van der Waals surface area contributed by atoms with Gasteiger partial charge in [0.1, 0.15) is 11.6 Å². The summed E-state index contributed by atoms with van der Waals surface area (Å²) in [5.74, 6) is -0.253. The molecule has 0 saturated carbocycles. The summed E-state index contributed by atoms with van der Waals surface area (Å²) < 4.78 is 18.0. The van der Waals surface area contributed by atoms with Crippen LogP contribution in [0.4, 0.5) is 4.39 Å². The highest BCUT2D eigenvalue weighted by Gasteiger charge is 2.10. The maximum atomic E-state index is 12.8. The quantitative estimate of drug-likeness (QED) is 0.362. The van der Waals surface area contributed by atoms with E-state index in [-0.39, 0.29) is 10.9 Å². The topological polar surface area (TPSA) is 67.8 Å². The van der Waals surface area contributed by atoms with Crippen LogP contribution in [0.3, 0.4) is 0 Å². The first-order chi connectivity index (χ1) is 7.04. The monoisotopic (exact) mass is 232 g/mol. The van der Waals surface area contributed by atoms with Gasteiger partial charge in [-0.1, -0.05) is 16.8 Å². The SMILES string of the molecule is CC(Oc1ccc(F)c(Cl)c1)C(N)=NO. The van der Waals surface area contributed by atoms with E-state index in [2.05, 4.69) is 5.16 Å². The van der Waals surface area contributed by atoms with Crippen molar-refractivity contribution in [2.75, 3.05) is 0 Å². The lowest BCUT2D eigenvalue weighted by atomic mass is 10.3. The largest absolute Gasteiger partial charge is 0.483 e. The van der Waals surface area contributed by atoms with Crippen LogP contribution in [0.5, 0.6) is 5.75 Å². The number of hydrogen-bond acceptors (Lipinski definition) is 3. The number of oxime groups is 1. The van der Waals surface area contributed by atoms with E-state index in [9.17, 15) is 4.39 Å². The van der Waals surface area contributed by atoms with Crippen LogP contribution < -0.4 is 10.5 Å². The van der Waals surface area contributed by atoms with Crippen LogP contribution in [0, 0.1) is 5.82 Å². The molecule has 1 aromatic rings. The third kappa shape index (κ3) is 2.99. The van der Waals surface area contributed by atoms with Gasteiger partial charge in [-0.3, -0.25) is 0 Å². The highest BCUT2D eigenvalue weighted by molar-refractivity contribution is 6.30. The molecule has 0 bridgehead atoms. The Morgan fingerprint density at radius 2 is 2.33 bits per heavy atom. The van der Waals surface area contributed by atoms with Gasteiger partial charge in [0.05, 0.1) is 5.02 Å². The molecule has 0 aromatic heterocycles. The van der Waals surface area contributed by atoms with Gasteiger partial charge in [-0.2, -0.15) is 0 Å². The molecule has 15 heavy (non-hydrogen) atoms. The summed E-state index contributed by atoms with van der Waals surface area (Å²) in [6, 6.07) is 3.90. The van der Waals surface area contributed by atoms with E-state index in [0.717, 1.165) is 0 Å². The van der Waals surface area contributed by atoms with E-state index in [1.807, 2.05) is 0 Å². The molecule has 1 rings (SSSR count). The van der Waals surface area contributed by atoms with Crippen molar-refractivity contribution in [3.8, 4) is 5.75 Å². The summed E-state index contributed by atoms with van der Waals surface area (Å²) in [5.41, 5.74) is 5.30. The van der Waals surface area contributed by atoms with E-state index in [1.165, 1.54) is 18.2 Å². The average Bonchev–Trinajstić information content (AvgIpc) is 2.22. The summed E-state index contributed by atoms with van der Waals surface area (Å²) in [6.45, 7) is 1.59. The first-order valence-electron chi connectivity index (χ1n) is 4.13. The van der Waals surface area contributed by atoms with Crippen LogP contribution in [0.2, 0.25) is 5.02 Å². The number of benzene rings is 1. The summed E-state index contributed by atoms with van der Waals surface area (Å²) in [7, 11) is 0. The first kappa shape index (κ1) is 11.6. The Morgan fingerprint density at radius 3 is 2.87 bits per heavy atom. The Balaban J connectivity index is 2.77. The zero-order valence-corrected chi connectivity index (χ0v) is 8.70. The fourth-order valence-electron chi connectivity index (χ4n) is 0.896. The number of amidine groups is 1. The van der Waals surface area contributed by atoms with Crippen LogP contribution in [0.1, 0.15) is 6.92 Å². The Bertz CT molecular complexity index is 384. The summed E-state index contributed by atoms with van der Waals surface area (Å²) in [6.07, 6.45) is -0.614. The summed E-state index contributed by atoms with van der Waals surface area (Å²) in [5, 5.41) is 11.1. The predicted octanol–water partition coefficient (Wildman–Crippen LogP) is 1.99. The maximum Gasteiger partial charge on any atom is 0.180 e. The highest BCUT2D eigenvalue weighted by atomic mass is 35.5. The van der Waals surface area contributed by atoms with Gasteiger partial charge in [-0.05, 0) is 19.1 Å². The van der Waals surface area contributed by atoms with Crippen LogP contribution in [-0.4, -0.2) is 17.1 Å². The molecule has 1 unspecified atom stereocenters. The number of nitrogens with two attached hydrogens (primary N) is 1. The van der Waals surface area contributed by atoms with E-state index in [0.29, 0.717) is 5.75 Å². The summed E-state index contributed by atoms with van der Waals surface area (Å²) >= 11 is 5.54. The standard InChI is InChI=1S/C9H10ClFN2O2/c1-5(9(12)13-14)15-6-2-3-8(11)7(10)4-6/h2-5,14H,1H3,(H2,12,13). The smallest absolute Gasteiger partial charge is 0.180 e. The molecule has 0 saturated heterocycles. The van der Waals surface area contributed by atoms with Crippen molar-refractivity contribution >= 4 is 17.4 Å². The summed E-state index contributed by atoms with van der Waals surface area (Å²) in [4.78, 5) is 0. The Kier molecular flexibility index (Phi) is 3.74. The lowest BCUT2D eigenvalue weighted by Crippen LogP contribution is -2.31. The normalized spacial score (nSPS) is 13.7. The number of hydrogen-bond donors (Lipinski definition) is 2. The van der Waals surface area contributed by atoms with Crippen LogP contribution in [0.15, 0.2) is 23.4 Å². The second-order valence-electron chi connectivity index (χ2n) is 2.86. The van der Waals surface area contributed by atoms with Crippen molar-refractivity contribution in [3.63, 3.8) is 0 Å². The molecule has 3 N–H and O–H groups in total. The molecule has 0 spiro atoms. The lowest BCUT2D eigenvalue weighted by Gasteiger charge is -2.13. The third-order valence-electron chi connectivity index (χ3n) is 1.74. The van der Waals surface area contributed by atoms with Crippen molar-refractivity contribution in [2.24, 2.45) is 10.9 Å². The molecule has 0 aliphatic heterocycles. The Hall–Kier alpha value is -1.49. The molecule has 0 fully saturated rings. The zero-order chi connectivity index (χ0) is 11.4. The van der Waals surface area contributed by atoms with E-state index in [4.69, 9.17) is 27.3 Å². The van der Waals surface area contributed by atoms with Crippen molar-refractivity contribution in [1.82, 2.24) is 0 Å². The van der Waals surface area contributed by atoms with Gasteiger partial charge in [0.25, 0.3) is 0 Å². The van der Waals surface area contributed by atoms with Gasteiger partial charge in [0.2, 0.25) is 0 Å². The fraction of sp³-hybridized carbons (Fsp3) is 0.222. The first-order valence-corrected chi connectivity index (χ1v) is 4.51. The minimum Gasteiger partial charge on any atom is -0.483 e. The van der Waals surface area contributed by atoms with Gasteiger partial charge in [0.15, 0.2) is 11.9 Å². The molecule has 0 heterocycles. The number of ether oxygens (including phenoxy) is 1. The van der Waals surface area contributed by atoms with E-state index >= 15 is 0 Å². The van der Waals surface area contributed by atoms with Crippen LogP contribution >= 0.6 is 11.6 Å². The van der Waals surface area contributed by atoms with Gasteiger partial charge in [-0.25, -0.2) is 4.39 Å². The van der Waals surface area contributed by atoms with Crippen molar-refractivity contribution in [3.05, 3.63) is 29.0 Å². The fourth-order valence-corrected chi connectivity index (χ4v) is 1.07. The van der Waals surface area contributed by atoms with Crippen LogP contribution in [0.25, 0.3) is 0 Å². The zero-order valence-electron chi connectivity index (χ0n) is 7.95. The Labute approximate surface area is 91.1 Å². The van der Waals surface area contributed by atoms with Crippen molar-refractivity contribution in [1.29, 1.82) is 0 Å². The molecule has 1 atom stereocenters. The third-order valence-corrected chi connectivity index (χ3v) is 2.03. The molecule has 0 radical (unpaired) electrons. The van der Waals surface area contributed by atoms with Crippen molar-refractivity contribution < 1.29 is 14.3 Å². The molecule has 0 aliphatic carbocycles. The lowest BCUT2D eigenvalue weighted by molar-refractivity contribution is 0.265. The number of halogens is 2. The second kappa shape index (κ2) is 4.84. The molecule has 6 heteroatoms.